The van der Waals surface area contributed by atoms with Crippen LogP contribution in [0.3, 0.4) is 0 Å². The van der Waals surface area contributed by atoms with Gasteiger partial charge in [0.25, 0.3) is 0 Å². The van der Waals surface area contributed by atoms with Crippen LogP contribution in [0.2, 0.25) is 0 Å². The maximum atomic E-state index is 16.8. The molecule has 7 atom stereocenters. The summed E-state index contributed by atoms with van der Waals surface area (Å²) >= 11 is 0. The predicted molar refractivity (Wildman–Crippen MR) is 282 cm³/mol. The van der Waals surface area contributed by atoms with Crippen LogP contribution in [0.5, 0.6) is 5.75 Å². The number of nitrogens with one attached hydrogen (secondary N) is 2. The van der Waals surface area contributed by atoms with E-state index < -0.39 is 77.3 Å². The van der Waals surface area contributed by atoms with E-state index >= 15 is 19.2 Å². The van der Waals surface area contributed by atoms with Gasteiger partial charge in [-0.2, -0.15) is 0 Å². The number of phenols is 1. The molecule has 4 aliphatic rings. The maximum absolute atomic E-state index is 16.8. The van der Waals surface area contributed by atoms with Crippen molar-refractivity contribution in [3.8, 4) is 17.6 Å². The number of morpholine rings is 2. The number of carbonyl (C=O) groups excluding carboxylic acids is 5. The van der Waals surface area contributed by atoms with E-state index in [0.717, 1.165) is 16.1 Å². The third kappa shape index (κ3) is 8.64. The molecule has 0 aliphatic carbocycles. The second-order valence-corrected chi connectivity index (χ2v) is 19.6. The van der Waals surface area contributed by atoms with Gasteiger partial charge in [-0.1, -0.05) is 116 Å². The molecule has 4 amide bonds. The summed E-state index contributed by atoms with van der Waals surface area (Å²) in [6.07, 6.45) is -0.967. The molecular formula is C59H54N8O9. The van der Waals surface area contributed by atoms with Crippen molar-refractivity contribution in [3.63, 3.8) is 0 Å². The fourth-order valence-electron chi connectivity index (χ4n) is 11.5. The SMILES string of the molecule is COC(=O)[C@@H](NC(=O)N1C(=O)[C@@]2(c3cc(C#CCn4nnc5ccccc54)ccc31)[C@H](C(=O)Nc1ccc(N3CCOCC3)cc1)[C@H]1C(=O)O[C@H](c3ccccc3)[C@H](c3ccccc3)N1[C@@H]2c1ccc(O)cc1)C(C)C. The van der Waals surface area contributed by atoms with Crippen LogP contribution in [0.15, 0.2) is 152 Å². The summed E-state index contributed by atoms with van der Waals surface area (Å²) in [6.45, 7) is 6.14. The first kappa shape index (κ1) is 49.4. The number of hydrogen-bond donors (Lipinski definition) is 3. The molecular weight excluding hydrogens is 965 g/mol. The fourth-order valence-corrected chi connectivity index (χ4v) is 11.5. The van der Waals surface area contributed by atoms with E-state index in [9.17, 15) is 9.90 Å². The molecule has 1 aromatic heterocycles. The second-order valence-electron chi connectivity index (χ2n) is 19.6. The number of ether oxygens (including phenoxy) is 3. The molecule has 17 nitrogen and oxygen atoms in total. The van der Waals surface area contributed by atoms with E-state index in [1.54, 1.807) is 61.0 Å². The van der Waals surface area contributed by atoms with Crippen LogP contribution in [0.1, 0.15) is 59.9 Å². The Morgan fingerprint density at radius 1 is 0.816 bits per heavy atom. The normalized spacial score (nSPS) is 22.3. The number of esters is 2. The summed E-state index contributed by atoms with van der Waals surface area (Å²) in [6, 6.07) is 39.1. The lowest BCUT2D eigenvalue weighted by molar-refractivity contribution is -0.177. The van der Waals surface area contributed by atoms with Gasteiger partial charge in [0.1, 0.15) is 41.4 Å². The van der Waals surface area contributed by atoms with Crippen molar-refractivity contribution < 1.29 is 43.3 Å². The molecule has 11 rings (SSSR count). The zero-order valence-electron chi connectivity index (χ0n) is 41.9. The average molecular weight is 1020 g/mol. The van der Waals surface area contributed by atoms with Crippen molar-refractivity contribution in [2.24, 2.45) is 11.8 Å². The predicted octanol–water partition coefficient (Wildman–Crippen LogP) is 7.24. The minimum atomic E-state index is -2.15. The highest BCUT2D eigenvalue weighted by atomic mass is 16.6. The molecule has 3 fully saturated rings. The summed E-state index contributed by atoms with van der Waals surface area (Å²) in [4.78, 5) is 82.0. The Balaban J connectivity index is 1.15. The Kier molecular flexibility index (Phi) is 13.3. The number of carbonyl (C=O) groups is 5. The molecule has 4 aliphatic heterocycles. The third-order valence-electron chi connectivity index (χ3n) is 14.9. The van der Waals surface area contributed by atoms with Gasteiger partial charge in [0.2, 0.25) is 11.8 Å². The highest BCUT2D eigenvalue weighted by Gasteiger charge is 2.75. The molecule has 1 spiro atoms. The molecule has 0 saturated carbocycles. The summed E-state index contributed by atoms with van der Waals surface area (Å²) in [5, 5.41) is 25.3. The molecule has 7 aromatic rings. The van der Waals surface area contributed by atoms with E-state index in [1.165, 1.54) is 19.2 Å². The van der Waals surface area contributed by atoms with E-state index in [1.807, 2.05) is 102 Å². The van der Waals surface area contributed by atoms with E-state index in [2.05, 4.69) is 37.7 Å². The van der Waals surface area contributed by atoms with Crippen LogP contribution in [0.25, 0.3) is 11.0 Å². The average Bonchev–Trinajstić information content (AvgIpc) is 4.02. The standard InChI is InChI=1S/C59H54N8O9/c1-36(2)49(55(70)74-3)61-58(73)66-46-29-20-37(13-12-30-65-47-19-11-10-18-45(47)62-63-65)35-44(46)59(57(66)72)48(54(69)60-41-23-25-42(26-24-41)64-31-33-75-34-32-64)51-56(71)76-52(39-16-8-5-9-17-39)50(38-14-6-4-7-15-38)67(51)53(59)40-21-27-43(68)28-22-40/h4-11,14-29,35-36,48-53,68H,30-34H2,1-3H3,(H,60,69)(H,61,73)/t48-,49-,50-,51-,52+,53+,59-/m0/s1. The fraction of sp³-hybridized carbons (Fsp3) is 0.271. The van der Waals surface area contributed by atoms with Crippen molar-refractivity contribution in [3.05, 3.63) is 179 Å². The Bertz CT molecular complexity index is 3410. The van der Waals surface area contributed by atoms with Crippen LogP contribution >= 0.6 is 0 Å². The highest BCUT2D eigenvalue weighted by molar-refractivity contribution is 6.25. The van der Waals surface area contributed by atoms with Gasteiger partial charge in [-0.25, -0.2) is 19.2 Å². The van der Waals surface area contributed by atoms with Gasteiger partial charge >= 0.3 is 18.0 Å². The van der Waals surface area contributed by atoms with Crippen LogP contribution < -0.4 is 20.4 Å². The van der Waals surface area contributed by atoms with Gasteiger partial charge in [0.05, 0.1) is 49.5 Å². The van der Waals surface area contributed by atoms with E-state index in [-0.39, 0.29) is 23.5 Å². The van der Waals surface area contributed by atoms with Crippen LogP contribution in [-0.4, -0.2) is 100 Å². The van der Waals surface area contributed by atoms with Gasteiger partial charge in [0.15, 0.2) is 0 Å². The Labute approximate surface area is 438 Å². The Morgan fingerprint density at radius 2 is 1.50 bits per heavy atom. The number of rotatable bonds is 10. The number of aromatic hydroxyl groups is 1. The zero-order chi connectivity index (χ0) is 52.7. The number of nitrogens with zero attached hydrogens (tertiary/aromatic N) is 6. The quantitative estimate of drug-likeness (QED) is 0.0917. The molecule has 17 heteroatoms. The van der Waals surface area contributed by atoms with E-state index in [0.29, 0.717) is 59.8 Å². The minimum Gasteiger partial charge on any atom is -0.508 e. The molecule has 5 heterocycles. The monoisotopic (exact) mass is 1020 g/mol. The number of imide groups is 1. The number of fused-ring (bicyclic) bond motifs is 4. The first-order valence-electron chi connectivity index (χ1n) is 25.2. The molecule has 0 radical (unpaired) electrons. The summed E-state index contributed by atoms with van der Waals surface area (Å²) in [5.74, 6) is 1.22. The molecule has 3 N–H and O–H groups in total. The number of aromatic nitrogens is 3. The Hall–Kier alpha value is -8.85. The number of urea groups is 1. The van der Waals surface area contributed by atoms with Gasteiger partial charge < -0.3 is 34.9 Å². The third-order valence-corrected chi connectivity index (χ3v) is 14.9. The zero-order valence-corrected chi connectivity index (χ0v) is 41.9. The second kappa shape index (κ2) is 20.5. The molecule has 6 aromatic carbocycles. The lowest BCUT2D eigenvalue weighted by Crippen LogP contribution is -2.57. The number of cyclic esters (lactones) is 1. The first-order chi connectivity index (χ1) is 37.0. The number of phenolic OH excluding ortho intramolecular Hbond substituents is 1. The summed E-state index contributed by atoms with van der Waals surface area (Å²) in [7, 11) is 1.21. The van der Waals surface area contributed by atoms with Crippen molar-refractivity contribution in [1.29, 1.82) is 0 Å². The molecule has 76 heavy (non-hydrogen) atoms. The van der Waals surface area contributed by atoms with Crippen molar-refractivity contribution in [2.45, 2.75) is 56.1 Å². The van der Waals surface area contributed by atoms with E-state index in [4.69, 9.17) is 14.2 Å². The van der Waals surface area contributed by atoms with Gasteiger partial charge in [-0.3, -0.25) is 19.3 Å². The molecule has 0 bridgehead atoms. The largest absolute Gasteiger partial charge is 0.508 e. The van der Waals surface area contributed by atoms with Gasteiger partial charge in [-0.05, 0) is 94.9 Å². The van der Waals surface area contributed by atoms with Gasteiger partial charge in [-0.15, -0.1) is 5.10 Å². The van der Waals surface area contributed by atoms with Crippen LogP contribution in [0.4, 0.5) is 21.9 Å². The lowest BCUT2D eigenvalue weighted by atomic mass is 9.65. The Morgan fingerprint density at radius 3 is 2.20 bits per heavy atom. The number of para-hydroxylation sites is 1. The molecule has 3 saturated heterocycles. The molecule has 384 valence electrons. The molecule has 0 unspecified atom stereocenters. The van der Waals surface area contributed by atoms with Crippen molar-refractivity contribution in [2.75, 3.05) is 48.5 Å². The number of amides is 4. The summed E-state index contributed by atoms with van der Waals surface area (Å²) in [5.41, 5.74) is 3.20. The number of methoxy groups -OCH3 is 1. The van der Waals surface area contributed by atoms with Crippen LogP contribution in [0, 0.1) is 23.7 Å². The number of hydrogen-bond acceptors (Lipinski definition) is 13. The van der Waals surface area contributed by atoms with Crippen LogP contribution in [-0.2, 0) is 45.3 Å². The minimum absolute atomic E-state index is 0.0681. The van der Waals surface area contributed by atoms with Crippen molar-refractivity contribution >= 4 is 57.9 Å². The number of anilines is 3. The smallest absolute Gasteiger partial charge is 0.329 e. The summed E-state index contributed by atoms with van der Waals surface area (Å²) < 4.78 is 19.0. The number of benzene rings is 6. The topological polar surface area (TPSA) is 198 Å². The first-order valence-corrected chi connectivity index (χ1v) is 25.2. The lowest BCUT2D eigenvalue weighted by Gasteiger charge is -2.46. The highest BCUT2D eigenvalue weighted by Crippen LogP contribution is 2.66. The van der Waals surface area contributed by atoms with Gasteiger partial charge in [0, 0.05) is 30.0 Å². The van der Waals surface area contributed by atoms with Crippen molar-refractivity contribution in [1.82, 2.24) is 25.2 Å². The maximum Gasteiger partial charge on any atom is 0.329 e.